The van der Waals surface area contributed by atoms with Gasteiger partial charge in [0.15, 0.2) is 0 Å². The Morgan fingerprint density at radius 2 is 2.38 bits per heavy atom. The molecule has 72 valence electrons. The molecule has 0 aliphatic rings. The highest BCUT2D eigenvalue weighted by Crippen LogP contribution is 2.17. The minimum Gasteiger partial charge on any atom is -0.465 e. The lowest BCUT2D eigenvalue weighted by Gasteiger charge is -2.17. The molecule has 0 bridgehead atoms. The molecule has 0 aromatic carbocycles. The van der Waals surface area contributed by atoms with E-state index in [9.17, 15) is 4.79 Å². The van der Waals surface area contributed by atoms with E-state index in [-0.39, 0.29) is 12.0 Å². The Labute approximate surface area is 76.2 Å². The van der Waals surface area contributed by atoms with Crippen molar-refractivity contribution in [1.82, 2.24) is 15.3 Å². The quantitative estimate of drug-likeness (QED) is 0.662. The van der Waals surface area contributed by atoms with Crippen molar-refractivity contribution in [3.63, 3.8) is 0 Å². The van der Waals surface area contributed by atoms with Gasteiger partial charge in [-0.25, -0.2) is 9.78 Å². The van der Waals surface area contributed by atoms with Crippen LogP contribution in [0.25, 0.3) is 0 Å². The molecule has 1 aromatic rings. The van der Waals surface area contributed by atoms with Crippen LogP contribution in [0.5, 0.6) is 0 Å². The number of carboxylic acid groups (broad SMARTS) is 1. The molecular formula is C8H13N3O2. The van der Waals surface area contributed by atoms with Gasteiger partial charge in [0, 0.05) is 12.4 Å². The standard InChI is InChI=1S/C8H13N3O2/c1-5(2)6(11-8(12)13)7-9-3-4-10-7/h3-6,11H,1-2H3,(H,9,10)(H,12,13)/t6-/m0/s1. The number of nitrogens with one attached hydrogen (secondary N) is 2. The number of carbonyl (C=O) groups is 1. The second-order valence-electron chi connectivity index (χ2n) is 3.15. The molecule has 0 aliphatic heterocycles. The molecule has 1 heterocycles. The zero-order valence-corrected chi connectivity index (χ0v) is 7.61. The van der Waals surface area contributed by atoms with Crippen molar-refractivity contribution in [2.75, 3.05) is 0 Å². The topological polar surface area (TPSA) is 78.0 Å². The van der Waals surface area contributed by atoms with Crippen molar-refractivity contribution < 1.29 is 9.90 Å². The molecule has 3 N–H and O–H groups in total. The molecule has 1 aromatic heterocycles. The monoisotopic (exact) mass is 183 g/mol. The van der Waals surface area contributed by atoms with Crippen molar-refractivity contribution in [1.29, 1.82) is 0 Å². The SMILES string of the molecule is CC(C)[C@H](NC(=O)O)c1ncc[nH]1. The number of amides is 1. The maximum Gasteiger partial charge on any atom is 0.405 e. The molecule has 0 fully saturated rings. The van der Waals surface area contributed by atoms with E-state index in [1.165, 1.54) is 0 Å². The maximum absolute atomic E-state index is 10.5. The number of imidazole rings is 1. The van der Waals surface area contributed by atoms with Crippen LogP contribution >= 0.6 is 0 Å². The van der Waals surface area contributed by atoms with E-state index in [1.807, 2.05) is 13.8 Å². The average Bonchev–Trinajstić information content (AvgIpc) is 2.50. The zero-order valence-electron chi connectivity index (χ0n) is 7.61. The molecular weight excluding hydrogens is 170 g/mol. The van der Waals surface area contributed by atoms with E-state index >= 15 is 0 Å². The van der Waals surface area contributed by atoms with E-state index in [4.69, 9.17) is 5.11 Å². The highest BCUT2D eigenvalue weighted by Gasteiger charge is 2.19. The number of H-pyrrole nitrogens is 1. The second kappa shape index (κ2) is 3.93. The van der Waals surface area contributed by atoms with Gasteiger partial charge >= 0.3 is 6.09 Å². The van der Waals surface area contributed by atoms with Crippen LogP contribution in [0.2, 0.25) is 0 Å². The van der Waals surface area contributed by atoms with Gasteiger partial charge in [0.1, 0.15) is 5.82 Å². The van der Waals surface area contributed by atoms with Gasteiger partial charge in [-0.3, -0.25) is 0 Å². The van der Waals surface area contributed by atoms with Crippen LogP contribution in [0.1, 0.15) is 25.7 Å². The summed E-state index contributed by atoms with van der Waals surface area (Å²) in [5, 5.41) is 11.0. The fraction of sp³-hybridized carbons (Fsp3) is 0.500. The number of aromatic amines is 1. The van der Waals surface area contributed by atoms with Crippen LogP contribution in [0.4, 0.5) is 4.79 Å². The number of rotatable bonds is 3. The summed E-state index contributed by atoms with van der Waals surface area (Å²) in [4.78, 5) is 17.4. The van der Waals surface area contributed by atoms with E-state index in [2.05, 4.69) is 15.3 Å². The Kier molecular flexibility index (Phi) is 2.89. The van der Waals surface area contributed by atoms with Crippen LogP contribution in [-0.4, -0.2) is 21.2 Å². The average molecular weight is 183 g/mol. The molecule has 0 unspecified atom stereocenters. The smallest absolute Gasteiger partial charge is 0.405 e. The summed E-state index contributed by atoms with van der Waals surface area (Å²) in [5.74, 6) is 0.819. The summed E-state index contributed by atoms with van der Waals surface area (Å²) in [7, 11) is 0. The van der Waals surface area contributed by atoms with Crippen LogP contribution in [0.15, 0.2) is 12.4 Å². The predicted octanol–water partition coefficient (Wildman–Crippen LogP) is 1.37. The van der Waals surface area contributed by atoms with Gasteiger partial charge in [0.2, 0.25) is 0 Å². The van der Waals surface area contributed by atoms with E-state index in [0.29, 0.717) is 5.82 Å². The van der Waals surface area contributed by atoms with Gasteiger partial charge in [0.25, 0.3) is 0 Å². The Morgan fingerprint density at radius 3 is 2.77 bits per heavy atom. The largest absolute Gasteiger partial charge is 0.465 e. The van der Waals surface area contributed by atoms with Crippen LogP contribution in [0.3, 0.4) is 0 Å². The summed E-state index contributed by atoms with van der Waals surface area (Å²) >= 11 is 0. The van der Waals surface area contributed by atoms with Crippen molar-refractivity contribution >= 4 is 6.09 Å². The first-order valence-corrected chi connectivity index (χ1v) is 4.10. The Hall–Kier alpha value is -1.52. The fourth-order valence-corrected chi connectivity index (χ4v) is 1.13. The summed E-state index contributed by atoms with van der Waals surface area (Å²) < 4.78 is 0. The first-order chi connectivity index (χ1) is 6.11. The van der Waals surface area contributed by atoms with Crippen molar-refractivity contribution in [2.45, 2.75) is 19.9 Å². The third-order valence-corrected chi connectivity index (χ3v) is 1.76. The molecule has 0 radical (unpaired) electrons. The third-order valence-electron chi connectivity index (χ3n) is 1.76. The molecule has 13 heavy (non-hydrogen) atoms. The van der Waals surface area contributed by atoms with Gasteiger partial charge in [0.05, 0.1) is 6.04 Å². The number of hydrogen-bond donors (Lipinski definition) is 3. The van der Waals surface area contributed by atoms with Gasteiger partial charge in [-0.2, -0.15) is 0 Å². The van der Waals surface area contributed by atoms with Crippen LogP contribution < -0.4 is 5.32 Å². The molecule has 5 nitrogen and oxygen atoms in total. The lowest BCUT2D eigenvalue weighted by atomic mass is 10.0. The molecule has 0 aliphatic carbocycles. The summed E-state index contributed by atoms with van der Waals surface area (Å²) in [6.45, 7) is 3.87. The molecule has 1 atom stereocenters. The van der Waals surface area contributed by atoms with Crippen molar-refractivity contribution in [3.8, 4) is 0 Å². The van der Waals surface area contributed by atoms with Gasteiger partial charge in [-0.05, 0) is 5.92 Å². The van der Waals surface area contributed by atoms with Gasteiger partial charge in [-0.15, -0.1) is 0 Å². The Bertz CT molecular complexity index is 269. The van der Waals surface area contributed by atoms with Gasteiger partial charge < -0.3 is 15.4 Å². The van der Waals surface area contributed by atoms with Gasteiger partial charge in [-0.1, -0.05) is 13.8 Å². The molecule has 0 spiro atoms. The molecule has 1 rings (SSSR count). The predicted molar refractivity (Wildman–Crippen MR) is 47.3 cm³/mol. The number of hydrogen-bond acceptors (Lipinski definition) is 2. The minimum atomic E-state index is -1.03. The lowest BCUT2D eigenvalue weighted by molar-refractivity contribution is 0.185. The summed E-state index contributed by atoms with van der Waals surface area (Å²) in [6.07, 6.45) is 2.25. The number of aromatic nitrogens is 2. The molecule has 1 amide bonds. The summed E-state index contributed by atoms with van der Waals surface area (Å²) in [5.41, 5.74) is 0. The summed E-state index contributed by atoms with van der Waals surface area (Å²) in [6, 6.07) is -0.271. The Morgan fingerprint density at radius 1 is 1.69 bits per heavy atom. The van der Waals surface area contributed by atoms with E-state index < -0.39 is 6.09 Å². The normalized spacial score (nSPS) is 12.8. The molecule has 0 saturated carbocycles. The fourth-order valence-electron chi connectivity index (χ4n) is 1.13. The highest BCUT2D eigenvalue weighted by molar-refractivity contribution is 5.65. The minimum absolute atomic E-state index is 0.169. The maximum atomic E-state index is 10.5. The second-order valence-corrected chi connectivity index (χ2v) is 3.15. The van der Waals surface area contributed by atoms with Crippen molar-refractivity contribution in [2.24, 2.45) is 5.92 Å². The van der Waals surface area contributed by atoms with E-state index in [1.54, 1.807) is 12.4 Å². The zero-order chi connectivity index (χ0) is 9.84. The van der Waals surface area contributed by atoms with E-state index in [0.717, 1.165) is 0 Å². The van der Waals surface area contributed by atoms with Crippen LogP contribution in [0, 0.1) is 5.92 Å². The first kappa shape index (κ1) is 9.57. The number of nitrogens with zero attached hydrogens (tertiary/aromatic N) is 1. The van der Waals surface area contributed by atoms with Crippen LogP contribution in [-0.2, 0) is 0 Å². The first-order valence-electron chi connectivity index (χ1n) is 4.10. The molecule has 5 heteroatoms. The lowest BCUT2D eigenvalue weighted by Crippen LogP contribution is -2.31. The molecule has 0 saturated heterocycles. The Balaban J connectivity index is 2.74. The van der Waals surface area contributed by atoms with Crippen molar-refractivity contribution in [3.05, 3.63) is 18.2 Å². The third kappa shape index (κ3) is 2.47. The highest BCUT2D eigenvalue weighted by atomic mass is 16.4.